The first-order valence-corrected chi connectivity index (χ1v) is 2.99. The van der Waals surface area contributed by atoms with E-state index in [0.29, 0.717) is 5.88 Å². The standard InChI is InChI=1S/C6H9N2O/c1-2-3-9-6-4-7-5-8-6/h4-5H,2-3H2,1H3. The van der Waals surface area contributed by atoms with Gasteiger partial charge in [0.25, 0.3) is 0 Å². The molecule has 0 saturated carbocycles. The van der Waals surface area contributed by atoms with Crippen LogP contribution in [-0.2, 0) is 4.74 Å². The largest absolute Gasteiger partial charge is 0.477 e. The van der Waals surface area contributed by atoms with Crippen LogP contribution in [0.4, 0.5) is 0 Å². The first-order chi connectivity index (χ1) is 4.43. The van der Waals surface area contributed by atoms with Gasteiger partial charge in [-0.2, -0.15) is 0 Å². The summed E-state index contributed by atoms with van der Waals surface area (Å²) < 4.78 is 5.12. The minimum Gasteiger partial charge on any atom is -0.477 e. The molecule has 0 fully saturated rings. The summed E-state index contributed by atoms with van der Waals surface area (Å²) in [5.74, 6) is 0.622. The lowest BCUT2D eigenvalue weighted by Crippen LogP contribution is -2.01. The van der Waals surface area contributed by atoms with Gasteiger partial charge in [-0.15, -0.1) is 0 Å². The highest BCUT2D eigenvalue weighted by Crippen LogP contribution is 1.98. The molecule has 1 aliphatic rings. The molecule has 3 heteroatoms. The second-order valence-corrected chi connectivity index (χ2v) is 1.71. The molecule has 49 valence electrons. The molecule has 1 aliphatic heterocycles. The van der Waals surface area contributed by atoms with Gasteiger partial charge in [-0.3, -0.25) is 0 Å². The lowest BCUT2D eigenvalue weighted by atomic mass is 10.5. The lowest BCUT2D eigenvalue weighted by Gasteiger charge is -2.00. The topological polar surface area (TPSA) is 35.7 Å². The summed E-state index contributed by atoms with van der Waals surface area (Å²) in [6, 6.07) is 0. The number of hydrogen-bond donors (Lipinski definition) is 0. The minimum absolute atomic E-state index is 0.622. The van der Waals surface area contributed by atoms with E-state index < -0.39 is 0 Å². The Labute approximate surface area is 54.4 Å². The molecule has 0 aromatic rings. The van der Waals surface area contributed by atoms with Crippen molar-refractivity contribution >= 4 is 6.34 Å². The number of ether oxygens (including phenoxy) is 1. The van der Waals surface area contributed by atoms with Crippen LogP contribution in [0.3, 0.4) is 0 Å². The van der Waals surface area contributed by atoms with Gasteiger partial charge in [0.15, 0.2) is 0 Å². The smallest absolute Gasteiger partial charge is 0.233 e. The van der Waals surface area contributed by atoms with E-state index in [1.807, 2.05) is 0 Å². The normalized spacial score (nSPS) is 15.0. The Morgan fingerprint density at radius 2 is 2.56 bits per heavy atom. The fraction of sp³-hybridized carbons (Fsp3) is 0.500. The van der Waals surface area contributed by atoms with Crippen LogP contribution in [-0.4, -0.2) is 12.9 Å². The first kappa shape index (κ1) is 6.13. The average molecular weight is 125 g/mol. The Morgan fingerprint density at radius 3 is 3.11 bits per heavy atom. The lowest BCUT2D eigenvalue weighted by molar-refractivity contribution is 0.201. The van der Waals surface area contributed by atoms with Crippen molar-refractivity contribution in [1.29, 1.82) is 0 Å². The van der Waals surface area contributed by atoms with Gasteiger partial charge >= 0.3 is 0 Å². The Balaban J connectivity index is 2.14. The second kappa shape index (κ2) is 3.12. The van der Waals surface area contributed by atoms with Crippen LogP contribution in [0.15, 0.2) is 17.1 Å². The predicted molar refractivity (Wildman–Crippen MR) is 35.0 cm³/mol. The van der Waals surface area contributed by atoms with Crippen molar-refractivity contribution in [2.75, 3.05) is 6.61 Å². The Morgan fingerprint density at radius 1 is 1.67 bits per heavy atom. The molecule has 0 amide bonds. The van der Waals surface area contributed by atoms with Gasteiger partial charge in [0.1, 0.15) is 6.34 Å². The van der Waals surface area contributed by atoms with Gasteiger partial charge in [-0.25, -0.2) is 10.3 Å². The van der Waals surface area contributed by atoms with E-state index in [2.05, 4.69) is 17.2 Å². The van der Waals surface area contributed by atoms with E-state index >= 15 is 0 Å². The zero-order valence-corrected chi connectivity index (χ0v) is 5.37. The van der Waals surface area contributed by atoms with Gasteiger partial charge < -0.3 is 4.74 Å². The molecule has 0 N–H and O–H groups in total. The summed E-state index contributed by atoms with van der Waals surface area (Å²) in [4.78, 5) is 3.74. The van der Waals surface area contributed by atoms with Gasteiger partial charge in [-0.05, 0) is 6.42 Å². The summed E-state index contributed by atoms with van der Waals surface area (Å²) in [6.45, 7) is 2.77. The molecule has 1 radical (unpaired) electrons. The van der Waals surface area contributed by atoms with Crippen molar-refractivity contribution in [2.45, 2.75) is 13.3 Å². The van der Waals surface area contributed by atoms with Crippen LogP contribution < -0.4 is 5.32 Å². The first-order valence-electron chi connectivity index (χ1n) is 2.99. The van der Waals surface area contributed by atoms with Crippen molar-refractivity contribution in [1.82, 2.24) is 5.32 Å². The minimum atomic E-state index is 0.622. The molecule has 0 bridgehead atoms. The Hall–Kier alpha value is -0.990. The molecule has 0 aromatic carbocycles. The maximum absolute atomic E-state index is 5.12. The predicted octanol–water partition coefficient (Wildman–Crippen LogP) is 0.858. The highest BCUT2D eigenvalue weighted by molar-refractivity contribution is 5.60. The molecule has 0 aromatic heterocycles. The van der Waals surface area contributed by atoms with Gasteiger partial charge in [0.05, 0.1) is 12.8 Å². The third-order valence-corrected chi connectivity index (χ3v) is 0.891. The number of nitrogens with zero attached hydrogens (tertiary/aromatic N) is 2. The third kappa shape index (κ3) is 1.76. The van der Waals surface area contributed by atoms with Gasteiger partial charge in [0, 0.05) is 0 Å². The van der Waals surface area contributed by atoms with Crippen LogP contribution in [0.1, 0.15) is 13.3 Å². The average Bonchev–Trinajstić information content (AvgIpc) is 2.34. The second-order valence-electron chi connectivity index (χ2n) is 1.71. The maximum atomic E-state index is 5.12. The highest BCUT2D eigenvalue weighted by Gasteiger charge is 1.99. The monoisotopic (exact) mass is 125 g/mol. The molecular weight excluding hydrogens is 116 g/mol. The van der Waals surface area contributed by atoms with Gasteiger partial charge in [0.2, 0.25) is 5.88 Å². The van der Waals surface area contributed by atoms with Crippen molar-refractivity contribution in [3.8, 4) is 0 Å². The molecule has 0 saturated heterocycles. The molecule has 0 aliphatic carbocycles. The molecule has 0 unspecified atom stereocenters. The van der Waals surface area contributed by atoms with E-state index in [0.717, 1.165) is 13.0 Å². The SMILES string of the molecule is CCCOC1=CN=C[N]1. The number of aliphatic imine (C=N–C) groups is 1. The molecule has 9 heavy (non-hydrogen) atoms. The van der Waals surface area contributed by atoms with Crippen LogP contribution in [0.5, 0.6) is 0 Å². The molecular formula is C6H9N2O. The summed E-state index contributed by atoms with van der Waals surface area (Å²) in [7, 11) is 0. The van der Waals surface area contributed by atoms with Crippen molar-refractivity contribution in [3.63, 3.8) is 0 Å². The van der Waals surface area contributed by atoms with Crippen LogP contribution in [0.25, 0.3) is 0 Å². The summed E-state index contributed by atoms with van der Waals surface area (Å²) in [5, 5.41) is 3.82. The third-order valence-electron chi connectivity index (χ3n) is 0.891. The van der Waals surface area contributed by atoms with E-state index in [9.17, 15) is 0 Å². The molecule has 3 nitrogen and oxygen atoms in total. The van der Waals surface area contributed by atoms with Crippen molar-refractivity contribution in [2.24, 2.45) is 4.99 Å². The fourth-order valence-electron chi connectivity index (χ4n) is 0.502. The Bertz CT molecular complexity index is 140. The van der Waals surface area contributed by atoms with Crippen LogP contribution in [0, 0.1) is 0 Å². The van der Waals surface area contributed by atoms with Crippen LogP contribution in [0.2, 0.25) is 0 Å². The zero-order valence-electron chi connectivity index (χ0n) is 5.37. The van der Waals surface area contributed by atoms with E-state index in [-0.39, 0.29) is 0 Å². The number of rotatable bonds is 3. The molecule has 0 atom stereocenters. The quantitative estimate of drug-likeness (QED) is 0.551. The van der Waals surface area contributed by atoms with E-state index in [4.69, 9.17) is 4.74 Å². The summed E-state index contributed by atoms with van der Waals surface area (Å²) in [6.07, 6.45) is 4.09. The Kier molecular flexibility index (Phi) is 2.13. The molecule has 1 rings (SSSR count). The highest BCUT2D eigenvalue weighted by atomic mass is 16.5. The van der Waals surface area contributed by atoms with Crippen molar-refractivity contribution < 1.29 is 4.74 Å². The van der Waals surface area contributed by atoms with Crippen molar-refractivity contribution in [3.05, 3.63) is 12.1 Å². The maximum Gasteiger partial charge on any atom is 0.233 e. The summed E-state index contributed by atoms with van der Waals surface area (Å²) in [5.41, 5.74) is 0. The van der Waals surface area contributed by atoms with Gasteiger partial charge in [-0.1, -0.05) is 6.92 Å². The van der Waals surface area contributed by atoms with Crippen LogP contribution >= 0.6 is 0 Å². The molecule has 1 heterocycles. The molecule has 0 spiro atoms. The number of hydrogen-bond acceptors (Lipinski definition) is 2. The summed E-state index contributed by atoms with van der Waals surface area (Å²) >= 11 is 0. The van der Waals surface area contributed by atoms with E-state index in [1.54, 1.807) is 6.20 Å². The zero-order chi connectivity index (χ0) is 6.53. The fourth-order valence-corrected chi connectivity index (χ4v) is 0.502. The van der Waals surface area contributed by atoms with E-state index in [1.165, 1.54) is 6.34 Å².